The second-order valence-corrected chi connectivity index (χ2v) is 3.55. The van der Waals surface area contributed by atoms with Gasteiger partial charge >= 0.3 is 5.97 Å². The number of phenols is 2. The topological polar surface area (TPSA) is 66.8 Å². The van der Waals surface area contributed by atoms with Crippen molar-refractivity contribution in [1.82, 2.24) is 0 Å². The monoisotopic (exact) mass is 248 g/mol. The van der Waals surface area contributed by atoms with Crippen molar-refractivity contribution in [3.8, 4) is 17.2 Å². The zero-order valence-electron chi connectivity index (χ0n) is 9.13. The van der Waals surface area contributed by atoms with Gasteiger partial charge in [-0.2, -0.15) is 0 Å². The van der Waals surface area contributed by atoms with Crippen molar-refractivity contribution in [2.45, 2.75) is 0 Å². The summed E-state index contributed by atoms with van der Waals surface area (Å²) in [6, 6.07) is 8.73. The number of carbonyl (C=O) groups excluding carboxylic acids is 1. The summed E-state index contributed by atoms with van der Waals surface area (Å²) in [7, 11) is 0. The van der Waals surface area contributed by atoms with Gasteiger partial charge in [0.15, 0.2) is 11.6 Å². The molecule has 4 nitrogen and oxygen atoms in total. The maximum absolute atomic E-state index is 13.0. The van der Waals surface area contributed by atoms with Gasteiger partial charge in [-0.3, -0.25) is 0 Å². The first-order valence-electron chi connectivity index (χ1n) is 5.06. The molecule has 0 bridgehead atoms. The zero-order valence-corrected chi connectivity index (χ0v) is 9.13. The first-order valence-corrected chi connectivity index (χ1v) is 5.06. The molecular formula is C13H9FO4. The van der Waals surface area contributed by atoms with Crippen molar-refractivity contribution in [2.75, 3.05) is 0 Å². The lowest BCUT2D eigenvalue weighted by Crippen LogP contribution is -2.08. The van der Waals surface area contributed by atoms with Crippen LogP contribution in [0.25, 0.3) is 0 Å². The van der Waals surface area contributed by atoms with Gasteiger partial charge in [-0.1, -0.05) is 0 Å². The Morgan fingerprint density at radius 2 is 1.72 bits per heavy atom. The molecule has 0 radical (unpaired) electrons. The van der Waals surface area contributed by atoms with E-state index in [1.165, 1.54) is 30.3 Å². The van der Waals surface area contributed by atoms with E-state index in [2.05, 4.69) is 0 Å². The number of phenolic OH excluding ortho intramolecular Hbond substituents is 2. The molecule has 2 N–H and O–H groups in total. The highest BCUT2D eigenvalue weighted by atomic mass is 19.1. The Labute approximate surface area is 102 Å². The van der Waals surface area contributed by atoms with Crippen LogP contribution in [0, 0.1) is 5.82 Å². The van der Waals surface area contributed by atoms with E-state index < -0.39 is 17.5 Å². The van der Waals surface area contributed by atoms with E-state index in [1.807, 2.05) is 0 Å². The van der Waals surface area contributed by atoms with Crippen LogP contribution in [0.3, 0.4) is 0 Å². The molecule has 0 atom stereocenters. The minimum atomic E-state index is -0.869. The fraction of sp³-hybridized carbons (Fsp3) is 0. The van der Waals surface area contributed by atoms with Crippen LogP contribution < -0.4 is 4.74 Å². The van der Waals surface area contributed by atoms with Gasteiger partial charge in [0.05, 0.1) is 5.56 Å². The first-order chi connectivity index (χ1) is 8.56. The number of ether oxygens (including phenoxy) is 1. The fourth-order valence-electron chi connectivity index (χ4n) is 1.31. The molecule has 2 aromatic rings. The quantitative estimate of drug-likeness (QED) is 0.632. The molecule has 0 aromatic heterocycles. The van der Waals surface area contributed by atoms with Crippen molar-refractivity contribution < 1.29 is 24.1 Å². The van der Waals surface area contributed by atoms with Gasteiger partial charge < -0.3 is 14.9 Å². The maximum Gasteiger partial charge on any atom is 0.343 e. The number of benzene rings is 2. The van der Waals surface area contributed by atoms with Gasteiger partial charge in [-0.25, -0.2) is 9.18 Å². The molecule has 2 aromatic carbocycles. The summed E-state index contributed by atoms with van der Waals surface area (Å²) < 4.78 is 17.9. The van der Waals surface area contributed by atoms with E-state index in [0.29, 0.717) is 0 Å². The van der Waals surface area contributed by atoms with E-state index in [9.17, 15) is 9.18 Å². The SMILES string of the molecule is O=C(Oc1ccc(O)c(F)c1)c1ccc(O)cc1. The molecule has 0 aliphatic carbocycles. The molecule has 2 rings (SSSR count). The molecule has 0 fully saturated rings. The van der Waals surface area contributed by atoms with Gasteiger partial charge in [0.25, 0.3) is 0 Å². The Bertz CT molecular complexity index is 578. The number of hydrogen-bond acceptors (Lipinski definition) is 4. The van der Waals surface area contributed by atoms with Gasteiger partial charge in [-0.15, -0.1) is 0 Å². The van der Waals surface area contributed by atoms with Crippen molar-refractivity contribution in [2.24, 2.45) is 0 Å². The zero-order chi connectivity index (χ0) is 13.1. The summed E-state index contributed by atoms with van der Waals surface area (Å²) in [4.78, 5) is 11.6. The molecule has 5 heteroatoms. The second-order valence-electron chi connectivity index (χ2n) is 3.55. The number of halogens is 1. The Morgan fingerprint density at radius 3 is 2.33 bits per heavy atom. The molecule has 0 aliphatic heterocycles. The van der Waals surface area contributed by atoms with Crippen LogP contribution in [-0.4, -0.2) is 16.2 Å². The van der Waals surface area contributed by atoms with Crippen LogP contribution in [0.5, 0.6) is 17.2 Å². The van der Waals surface area contributed by atoms with Crippen LogP contribution in [0.4, 0.5) is 4.39 Å². The average Bonchev–Trinajstić information content (AvgIpc) is 2.34. The summed E-state index contributed by atoms with van der Waals surface area (Å²) in [5, 5.41) is 18.0. The normalized spacial score (nSPS) is 10.1. The lowest BCUT2D eigenvalue weighted by Gasteiger charge is -2.05. The smallest absolute Gasteiger partial charge is 0.343 e. The van der Waals surface area contributed by atoms with Gasteiger partial charge in [-0.05, 0) is 36.4 Å². The summed E-state index contributed by atoms with van der Waals surface area (Å²) in [6.07, 6.45) is 0. The van der Waals surface area contributed by atoms with Crippen LogP contribution in [0.1, 0.15) is 10.4 Å². The molecule has 0 saturated carbocycles. The van der Waals surface area contributed by atoms with Crippen LogP contribution in [-0.2, 0) is 0 Å². The molecule has 92 valence electrons. The third kappa shape index (κ3) is 2.57. The fourth-order valence-corrected chi connectivity index (χ4v) is 1.31. The molecule has 0 aliphatic rings. The minimum Gasteiger partial charge on any atom is -0.508 e. The average molecular weight is 248 g/mol. The van der Waals surface area contributed by atoms with Gasteiger partial charge in [0.1, 0.15) is 11.5 Å². The molecular weight excluding hydrogens is 239 g/mol. The highest BCUT2D eigenvalue weighted by molar-refractivity contribution is 5.91. The van der Waals surface area contributed by atoms with E-state index >= 15 is 0 Å². The maximum atomic E-state index is 13.0. The van der Waals surface area contributed by atoms with Crippen LogP contribution in [0.15, 0.2) is 42.5 Å². The standard InChI is InChI=1S/C13H9FO4/c14-11-7-10(5-6-12(11)16)18-13(17)8-1-3-9(15)4-2-8/h1-7,15-16H. The molecule has 0 spiro atoms. The Kier molecular flexibility index (Phi) is 3.14. The highest BCUT2D eigenvalue weighted by Gasteiger charge is 2.10. The highest BCUT2D eigenvalue weighted by Crippen LogP contribution is 2.22. The summed E-state index contributed by atoms with van der Waals surface area (Å²) in [5.74, 6) is -2.05. The largest absolute Gasteiger partial charge is 0.508 e. The third-order valence-electron chi connectivity index (χ3n) is 2.23. The number of carbonyl (C=O) groups is 1. The summed E-state index contributed by atoms with van der Waals surface area (Å²) in [6.45, 7) is 0. The van der Waals surface area contributed by atoms with Gasteiger partial charge in [0, 0.05) is 6.07 Å². The Balaban J connectivity index is 2.16. The predicted molar refractivity (Wildman–Crippen MR) is 61.1 cm³/mol. The third-order valence-corrected chi connectivity index (χ3v) is 2.23. The van der Waals surface area contributed by atoms with Crippen molar-refractivity contribution in [1.29, 1.82) is 0 Å². The molecule has 18 heavy (non-hydrogen) atoms. The Hall–Kier alpha value is -2.56. The summed E-state index contributed by atoms with van der Waals surface area (Å²) in [5.41, 5.74) is 0.223. The lowest BCUT2D eigenvalue weighted by atomic mass is 10.2. The molecule has 0 heterocycles. The summed E-state index contributed by atoms with van der Waals surface area (Å²) >= 11 is 0. The predicted octanol–water partition coefficient (Wildman–Crippen LogP) is 2.46. The van der Waals surface area contributed by atoms with Crippen molar-refractivity contribution >= 4 is 5.97 Å². The first kappa shape index (κ1) is 11.9. The van der Waals surface area contributed by atoms with E-state index in [1.54, 1.807) is 0 Å². The van der Waals surface area contributed by atoms with E-state index in [4.69, 9.17) is 14.9 Å². The second kappa shape index (κ2) is 4.75. The van der Waals surface area contributed by atoms with Crippen molar-refractivity contribution in [3.63, 3.8) is 0 Å². The Morgan fingerprint density at radius 1 is 1.06 bits per heavy atom. The number of esters is 1. The van der Waals surface area contributed by atoms with E-state index in [-0.39, 0.29) is 17.1 Å². The minimum absolute atomic E-state index is 0.0108. The number of hydrogen-bond donors (Lipinski definition) is 2. The number of rotatable bonds is 2. The van der Waals surface area contributed by atoms with Crippen molar-refractivity contribution in [3.05, 3.63) is 53.8 Å². The van der Waals surface area contributed by atoms with Gasteiger partial charge in [0.2, 0.25) is 0 Å². The molecule has 0 unspecified atom stereocenters. The molecule has 0 saturated heterocycles. The number of aromatic hydroxyl groups is 2. The molecule has 0 amide bonds. The van der Waals surface area contributed by atoms with E-state index in [0.717, 1.165) is 12.1 Å². The van der Waals surface area contributed by atoms with Crippen LogP contribution in [0.2, 0.25) is 0 Å². The van der Waals surface area contributed by atoms with Crippen LogP contribution >= 0.6 is 0 Å². The lowest BCUT2D eigenvalue weighted by molar-refractivity contribution is 0.0734.